The van der Waals surface area contributed by atoms with Crippen LogP contribution in [-0.2, 0) is 3.98 Å². The molecule has 0 bridgehead atoms. The van der Waals surface area contributed by atoms with Crippen LogP contribution in [0.4, 0.5) is 0 Å². The van der Waals surface area contributed by atoms with Gasteiger partial charge in [-0.15, -0.1) is 0 Å². The predicted octanol–water partition coefficient (Wildman–Crippen LogP) is -4.02. The lowest BCUT2D eigenvalue weighted by molar-refractivity contribution is -1.91. The SMILES string of the molecule is [O-][Cl+3]([O-])([O-])O[Si]. The van der Waals surface area contributed by atoms with Crippen LogP contribution in [0.5, 0.6) is 0 Å². The molecule has 0 rings (SSSR count). The summed E-state index contributed by atoms with van der Waals surface area (Å²) < 4.78 is 30.6. The summed E-state index contributed by atoms with van der Waals surface area (Å²) in [5.41, 5.74) is 0. The third-order valence-electron chi connectivity index (χ3n) is 0.0945. The molecule has 0 saturated heterocycles. The zero-order valence-electron chi connectivity index (χ0n) is 2.51. The number of halogens is 1. The molecule has 0 N–H and O–H groups in total. The Labute approximate surface area is 39.6 Å². The van der Waals surface area contributed by atoms with E-state index in [9.17, 15) is 0 Å². The first-order chi connectivity index (χ1) is 2.56. The molecule has 3 radical (unpaired) electrons. The highest BCUT2D eigenvalue weighted by Gasteiger charge is 2.08. The van der Waals surface area contributed by atoms with Gasteiger partial charge in [0.2, 0.25) is 0 Å². The van der Waals surface area contributed by atoms with Gasteiger partial charge in [-0.1, -0.05) is 0 Å². The topological polar surface area (TPSA) is 78.4 Å². The third kappa shape index (κ3) is 4.35. The Morgan fingerprint density at radius 1 is 1.33 bits per heavy atom. The maximum Gasteiger partial charge on any atom is 0.507 e. The summed E-state index contributed by atoms with van der Waals surface area (Å²) in [4.78, 5) is 0. The number of hydrogen-bond donors (Lipinski definition) is 0. The molecule has 0 aliphatic heterocycles. The minimum absolute atomic E-state index is 2.00. The van der Waals surface area contributed by atoms with Crippen LogP contribution in [-0.4, -0.2) is 10.5 Å². The molecule has 0 aromatic carbocycles. The highest BCUT2D eigenvalue weighted by atomic mass is 35.7. The molecule has 0 fully saturated rings. The molecule has 0 atom stereocenters. The van der Waals surface area contributed by atoms with E-state index >= 15 is 0 Å². The first-order valence-electron chi connectivity index (χ1n) is 0.821. The Morgan fingerprint density at radius 2 is 1.50 bits per heavy atom. The largest absolute Gasteiger partial charge is 0.507 e. The summed E-state index contributed by atoms with van der Waals surface area (Å²) in [5, 5.41) is 0. The van der Waals surface area contributed by atoms with E-state index < -0.39 is 10.2 Å². The molecule has 0 aromatic rings. The van der Waals surface area contributed by atoms with Gasteiger partial charge in [-0.3, -0.25) is 0 Å². The van der Waals surface area contributed by atoms with Crippen LogP contribution < -0.4 is 14.0 Å². The lowest BCUT2D eigenvalue weighted by Gasteiger charge is -2.10. The van der Waals surface area contributed by atoms with E-state index in [2.05, 4.69) is 3.98 Å². The molecule has 4 nitrogen and oxygen atoms in total. The average Bonchev–Trinajstić information content (AvgIpc) is 1.35. The van der Waals surface area contributed by atoms with Crippen molar-refractivity contribution in [2.75, 3.05) is 0 Å². The molecule has 0 aliphatic carbocycles. The van der Waals surface area contributed by atoms with Gasteiger partial charge in [0.15, 0.2) is 0 Å². The van der Waals surface area contributed by atoms with E-state index in [1.165, 1.54) is 0 Å². The van der Waals surface area contributed by atoms with E-state index in [0.29, 0.717) is 0 Å². The van der Waals surface area contributed by atoms with E-state index in [4.69, 9.17) is 14.0 Å². The van der Waals surface area contributed by atoms with Gasteiger partial charge in [0.1, 0.15) is 0 Å². The predicted molar refractivity (Wildman–Crippen MR) is 6.84 cm³/mol. The van der Waals surface area contributed by atoms with Crippen molar-refractivity contribution in [3.8, 4) is 0 Å². The van der Waals surface area contributed by atoms with Gasteiger partial charge in [0.25, 0.3) is 0 Å². The second-order valence-corrected chi connectivity index (χ2v) is 1.83. The molecule has 6 heteroatoms. The summed E-state index contributed by atoms with van der Waals surface area (Å²) in [7, 11) is -2.26. The third-order valence-corrected chi connectivity index (χ3v) is 0.850. The molecule has 0 unspecified atom stereocenters. The van der Waals surface area contributed by atoms with E-state index in [1.807, 2.05) is 10.5 Å². The second-order valence-electron chi connectivity index (χ2n) is 0.455. The van der Waals surface area contributed by atoms with Crippen molar-refractivity contribution >= 4 is 10.5 Å². The summed E-state index contributed by atoms with van der Waals surface area (Å²) in [6.45, 7) is 0. The molecule has 0 saturated carbocycles. The maximum absolute atomic E-state index is 9.15. The fourth-order valence-corrected chi connectivity index (χ4v) is 0. The highest BCUT2D eigenvalue weighted by molar-refractivity contribution is 5.97. The summed E-state index contributed by atoms with van der Waals surface area (Å²) >= 11 is 0. The Kier molecular flexibility index (Phi) is 1.98. The quantitative estimate of drug-likeness (QED) is 0.336. The minimum Gasteiger partial charge on any atom is -0.185 e. The lowest BCUT2D eigenvalue weighted by Crippen LogP contribution is -2.60. The van der Waals surface area contributed by atoms with Crippen molar-refractivity contribution in [3.63, 3.8) is 0 Å². The van der Waals surface area contributed by atoms with Gasteiger partial charge in [0.05, 0.1) is 10.2 Å². The molecule has 35 valence electrons. The summed E-state index contributed by atoms with van der Waals surface area (Å²) in [6, 6.07) is 0. The Bertz CT molecular complexity index is 37.3. The van der Waals surface area contributed by atoms with Gasteiger partial charge >= 0.3 is 10.5 Å². The van der Waals surface area contributed by atoms with Crippen LogP contribution in [0.2, 0.25) is 0 Å². The van der Waals surface area contributed by atoms with Crippen molar-refractivity contribution < 1.29 is 28.2 Å². The van der Waals surface area contributed by atoms with Crippen LogP contribution in [0, 0.1) is 10.2 Å². The van der Waals surface area contributed by atoms with Crippen molar-refractivity contribution in [2.45, 2.75) is 0 Å². The normalized spacial score (nSPS) is 12.0. The summed E-state index contributed by atoms with van der Waals surface area (Å²) in [6.07, 6.45) is 0. The molecular formula is ClO4Si. The number of hydrogen-bond acceptors (Lipinski definition) is 4. The van der Waals surface area contributed by atoms with Crippen LogP contribution in [0.15, 0.2) is 0 Å². The van der Waals surface area contributed by atoms with Gasteiger partial charge in [-0.05, 0) is 3.98 Å². The van der Waals surface area contributed by atoms with Crippen molar-refractivity contribution in [1.82, 2.24) is 0 Å². The highest BCUT2D eigenvalue weighted by Crippen LogP contribution is 1.76. The molecule has 0 spiro atoms. The first kappa shape index (κ1) is 6.35. The average molecular weight is 128 g/mol. The molecule has 6 heavy (non-hydrogen) atoms. The minimum atomic E-state index is -4.26. The Morgan fingerprint density at radius 3 is 1.50 bits per heavy atom. The zero-order chi connectivity index (χ0) is 5.21. The van der Waals surface area contributed by atoms with Crippen molar-refractivity contribution in [3.05, 3.63) is 0 Å². The molecular weight excluding hydrogens is 128 g/mol. The van der Waals surface area contributed by atoms with Crippen molar-refractivity contribution in [2.24, 2.45) is 0 Å². The molecule has 0 amide bonds. The lowest BCUT2D eigenvalue weighted by atomic mass is 15.8. The fraction of sp³-hybridized carbons (Fsp3) is 0. The maximum atomic E-state index is 9.15. The fourth-order valence-electron chi connectivity index (χ4n) is 0. The van der Waals surface area contributed by atoms with Gasteiger partial charge < -0.3 is 0 Å². The first-order valence-corrected chi connectivity index (χ1v) is 2.46. The van der Waals surface area contributed by atoms with Gasteiger partial charge in [-0.2, -0.15) is 14.0 Å². The second kappa shape index (κ2) is 1.87. The van der Waals surface area contributed by atoms with Crippen LogP contribution in [0.1, 0.15) is 0 Å². The standard InChI is InChI=1S/ClO4Si/c2-1(3,4)5-6. The Hall–Kier alpha value is 0.347. The molecule has 0 aromatic heterocycles. The van der Waals surface area contributed by atoms with Crippen LogP contribution in [0.3, 0.4) is 0 Å². The smallest absolute Gasteiger partial charge is 0.185 e. The summed E-state index contributed by atoms with van der Waals surface area (Å²) in [5.74, 6) is 0. The Balaban J connectivity index is 3.17. The van der Waals surface area contributed by atoms with Gasteiger partial charge in [0, 0.05) is 0 Å². The zero-order valence-corrected chi connectivity index (χ0v) is 4.27. The van der Waals surface area contributed by atoms with E-state index in [1.54, 1.807) is 0 Å². The number of rotatable bonds is 1. The van der Waals surface area contributed by atoms with E-state index in [-0.39, 0.29) is 0 Å². The van der Waals surface area contributed by atoms with Crippen LogP contribution >= 0.6 is 0 Å². The van der Waals surface area contributed by atoms with Crippen molar-refractivity contribution in [1.29, 1.82) is 0 Å². The monoisotopic (exact) mass is 127 g/mol. The van der Waals surface area contributed by atoms with Crippen LogP contribution in [0.25, 0.3) is 0 Å². The molecule has 0 heterocycles. The van der Waals surface area contributed by atoms with E-state index in [0.717, 1.165) is 0 Å². The molecule has 0 aliphatic rings. The van der Waals surface area contributed by atoms with Gasteiger partial charge in [-0.25, -0.2) is 0 Å².